The predicted molar refractivity (Wildman–Crippen MR) is 109 cm³/mol. The van der Waals surface area contributed by atoms with Gasteiger partial charge in [0.05, 0.1) is 12.1 Å². The van der Waals surface area contributed by atoms with Crippen LogP contribution in [0.5, 0.6) is 5.75 Å². The van der Waals surface area contributed by atoms with Gasteiger partial charge in [-0.05, 0) is 30.0 Å². The molecule has 3 aromatic rings. The molecular weight excluding hydrogens is 370 g/mol. The number of ether oxygens (including phenoxy) is 1. The Morgan fingerprint density at radius 3 is 2.72 bits per heavy atom. The lowest BCUT2D eigenvalue weighted by Gasteiger charge is -2.29. The third kappa shape index (κ3) is 3.16. The van der Waals surface area contributed by atoms with Crippen LogP contribution in [-0.4, -0.2) is 44.7 Å². The second-order valence-corrected chi connectivity index (χ2v) is 7.55. The topological polar surface area (TPSA) is 87.8 Å². The lowest BCUT2D eigenvalue weighted by Crippen LogP contribution is -2.25. The largest absolute Gasteiger partial charge is 0.483 e. The van der Waals surface area contributed by atoms with Crippen LogP contribution in [0.3, 0.4) is 0 Å². The normalized spacial score (nSPS) is 15.8. The zero-order chi connectivity index (χ0) is 20.7. The predicted octanol–water partition coefficient (Wildman–Crippen LogP) is 2.33. The van der Waals surface area contributed by atoms with Crippen LogP contribution in [0.4, 0.5) is 0 Å². The van der Waals surface area contributed by atoms with E-state index in [-0.39, 0.29) is 25.2 Å². The summed E-state index contributed by atoms with van der Waals surface area (Å²) in [5.41, 5.74) is 4.60. The number of aryl methyl sites for hydroxylation is 1. The summed E-state index contributed by atoms with van der Waals surface area (Å²) >= 11 is 0. The number of amides is 1. The molecule has 2 heterocycles. The van der Waals surface area contributed by atoms with Crippen molar-refractivity contribution in [1.29, 1.82) is 0 Å². The molecule has 0 bridgehead atoms. The minimum absolute atomic E-state index is 0.0598. The Labute approximate surface area is 169 Å². The second-order valence-electron chi connectivity index (χ2n) is 7.55. The minimum Gasteiger partial charge on any atom is -0.483 e. The third-order valence-electron chi connectivity index (χ3n) is 5.59. The van der Waals surface area contributed by atoms with Crippen LogP contribution in [0.2, 0.25) is 0 Å². The minimum atomic E-state index is -0.238. The molecule has 7 nitrogen and oxygen atoms in total. The molecular formula is C22H25N3O4. The highest BCUT2D eigenvalue weighted by Gasteiger charge is 2.31. The van der Waals surface area contributed by atoms with Crippen molar-refractivity contribution in [1.82, 2.24) is 14.5 Å². The van der Waals surface area contributed by atoms with Gasteiger partial charge in [-0.25, -0.2) is 4.98 Å². The first-order valence-corrected chi connectivity index (χ1v) is 9.65. The number of aliphatic hydroxyl groups is 2. The summed E-state index contributed by atoms with van der Waals surface area (Å²) in [5, 5.41) is 19.4. The van der Waals surface area contributed by atoms with Gasteiger partial charge < -0.3 is 24.4 Å². The Bertz CT molecular complexity index is 1090. The third-order valence-corrected chi connectivity index (χ3v) is 5.59. The van der Waals surface area contributed by atoms with Crippen molar-refractivity contribution in [3.05, 3.63) is 58.4 Å². The van der Waals surface area contributed by atoms with Gasteiger partial charge in [0.15, 0.2) is 5.75 Å². The van der Waals surface area contributed by atoms with Crippen molar-refractivity contribution < 1.29 is 19.7 Å². The van der Waals surface area contributed by atoms with E-state index in [1.165, 1.54) is 0 Å². The number of benzene rings is 2. The Hall–Kier alpha value is -2.90. The highest BCUT2D eigenvalue weighted by Crippen LogP contribution is 2.42. The van der Waals surface area contributed by atoms with Crippen LogP contribution in [0.15, 0.2) is 30.3 Å². The van der Waals surface area contributed by atoms with E-state index in [0.717, 1.165) is 22.2 Å². The van der Waals surface area contributed by atoms with Gasteiger partial charge in [-0.2, -0.15) is 0 Å². The summed E-state index contributed by atoms with van der Waals surface area (Å²) in [6.45, 7) is -0.261. The molecule has 7 heteroatoms. The molecule has 152 valence electrons. The molecule has 1 aliphatic heterocycles. The van der Waals surface area contributed by atoms with Crippen LogP contribution in [0.1, 0.15) is 45.4 Å². The highest BCUT2D eigenvalue weighted by molar-refractivity contribution is 6.01. The van der Waals surface area contributed by atoms with Gasteiger partial charge >= 0.3 is 0 Å². The zero-order valence-electron chi connectivity index (χ0n) is 16.8. The zero-order valence-corrected chi connectivity index (χ0v) is 16.8. The van der Waals surface area contributed by atoms with Crippen LogP contribution in [0, 0.1) is 0 Å². The van der Waals surface area contributed by atoms with E-state index in [2.05, 4.69) is 4.98 Å². The maximum atomic E-state index is 12.9. The van der Waals surface area contributed by atoms with E-state index in [4.69, 9.17) is 4.74 Å². The van der Waals surface area contributed by atoms with Gasteiger partial charge in [0.1, 0.15) is 24.1 Å². The number of rotatable bonds is 4. The molecule has 29 heavy (non-hydrogen) atoms. The van der Waals surface area contributed by atoms with E-state index in [1.54, 1.807) is 23.6 Å². The maximum Gasteiger partial charge on any atom is 0.253 e. The summed E-state index contributed by atoms with van der Waals surface area (Å²) in [4.78, 5) is 19.0. The van der Waals surface area contributed by atoms with Crippen LogP contribution < -0.4 is 4.74 Å². The summed E-state index contributed by atoms with van der Waals surface area (Å²) in [7, 11) is 5.27. The SMILES string of the molecule is CN(C)C(=O)c1cc2c(nc(CO)n2C)c2c1CC[C@@H](c1ccccc1CO)O2. The average molecular weight is 395 g/mol. The summed E-state index contributed by atoms with van der Waals surface area (Å²) < 4.78 is 8.21. The van der Waals surface area contributed by atoms with Gasteiger partial charge in [0, 0.05) is 32.3 Å². The molecule has 0 saturated heterocycles. The maximum absolute atomic E-state index is 12.9. The quantitative estimate of drug-likeness (QED) is 0.708. The first-order chi connectivity index (χ1) is 14.0. The Morgan fingerprint density at radius 1 is 1.28 bits per heavy atom. The first-order valence-electron chi connectivity index (χ1n) is 9.65. The number of fused-ring (bicyclic) bond motifs is 3. The number of imidazole rings is 1. The summed E-state index contributed by atoms with van der Waals surface area (Å²) in [6.07, 6.45) is 1.12. The number of aliphatic hydroxyl groups excluding tert-OH is 2. The molecule has 4 rings (SSSR count). The number of hydrogen-bond donors (Lipinski definition) is 2. The molecule has 0 radical (unpaired) electrons. The van der Waals surface area contributed by atoms with E-state index < -0.39 is 0 Å². The van der Waals surface area contributed by atoms with E-state index in [9.17, 15) is 15.0 Å². The molecule has 1 amide bonds. The van der Waals surface area contributed by atoms with Crippen LogP contribution >= 0.6 is 0 Å². The van der Waals surface area contributed by atoms with Gasteiger partial charge in [-0.1, -0.05) is 24.3 Å². The van der Waals surface area contributed by atoms with Crippen molar-refractivity contribution >= 4 is 16.9 Å². The number of aromatic nitrogens is 2. The fourth-order valence-electron chi connectivity index (χ4n) is 4.02. The molecule has 2 N–H and O–H groups in total. The lowest BCUT2D eigenvalue weighted by atomic mass is 9.91. The summed E-state index contributed by atoms with van der Waals surface area (Å²) in [6, 6.07) is 9.52. The highest BCUT2D eigenvalue weighted by atomic mass is 16.5. The molecule has 0 spiro atoms. The van der Waals surface area contributed by atoms with Crippen molar-refractivity contribution in [2.75, 3.05) is 14.1 Å². The van der Waals surface area contributed by atoms with Gasteiger partial charge in [-0.15, -0.1) is 0 Å². The Morgan fingerprint density at radius 2 is 2.03 bits per heavy atom. The standard InChI is InChI=1S/C22H25N3O4/c1-24(2)22(28)16-10-17-20(23-19(12-27)25(17)3)21-15(16)8-9-18(29-21)14-7-5-4-6-13(14)11-26/h4-7,10,18,26-27H,8-9,11-12H2,1-3H3/t18-/m0/s1. The second kappa shape index (κ2) is 7.50. The van der Waals surface area contributed by atoms with Crippen molar-refractivity contribution in [2.45, 2.75) is 32.2 Å². The number of carbonyl (C=O) groups is 1. The smallest absolute Gasteiger partial charge is 0.253 e. The van der Waals surface area contributed by atoms with Crippen molar-refractivity contribution in [3.63, 3.8) is 0 Å². The molecule has 0 saturated carbocycles. The van der Waals surface area contributed by atoms with Gasteiger partial charge in [0.25, 0.3) is 5.91 Å². The van der Waals surface area contributed by atoms with E-state index in [1.807, 2.05) is 37.4 Å². The molecule has 1 atom stereocenters. The molecule has 0 unspecified atom stereocenters. The fourth-order valence-corrected chi connectivity index (χ4v) is 4.02. The summed E-state index contributed by atoms with van der Waals surface area (Å²) in [5.74, 6) is 1.01. The van der Waals surface area contributed by atoms with Crippen LogP contribution in [0.25, 0.3) is 11.0 Å². The lowest BCUT2D eigenvalue weighted by molar-refractivity contribution is 0.0823. The molecule has 0 aliphatic carbocycles. The van der Waals surface area contributed by atoms with Crippen molar-refractivity contribution in [2.24, 2.45) is 7.05 Å². The molecule has 2 aromatic carbocycles. The van der Waals surface area contributed by atoms with Crippen LogP contribution in [-0.2, 0) is 26.7 Å². The van der Waals surface area contributed by atoms with E-state index >= 15 is 0 Å². The van der Waals surface area contributed by atoms with Crippen molar-refractivity contribution in [3.8, 4) is 5.75 Å². The monoisotopic (exact) mass is 395 g/mol. The fraction of sp³-hybridized carbons (Fsp3) is 0.364. The Balaban J connectivity index is 1.90. The number of carbonyl (C=O) groups excluding carboxylic acids is 1. The average Bonchev–Trinajstić information content (AvgIpc) is 3.08. The molecule has 1 aromatic heterocycles. The number of nitrogens with zero attached hydrogens (tertiary/aromatic N) is 3. The molecule has 1 aliphatic rings. The van der Waals surface area contributed by atoms with E-state index in [0.29, 0.717) is 35.5 Å². The van der Waals surface area contributed by atoms with Gasteiger partial charge in [-0.3, -0.25) is 4.79 Å². The Kier molecular flexibility index (Phi) is 5.02. The number of hydrogen-bond acceptors (Lipinski definition) is 5. The molecule has 0 fully saturated rings. The van der Waals surface area contributed by atoms with Gasteiger partial charge in [0.2, 0.25) is 0 Å². The first kappa shape index (κ1) is 19.4.